The van der Waals surface area contributed by atoms with Crippen LogP contribution in [0.1, 0.15) is 31.1 Å². The van der Waals surface area contributed by atoms with Crippen molar-refractivity contribution in [3.05, 3.63) is 48.2 Å². The Labute approximate surface area is 136 Å². The molecular formula is C18H21N3O2. The zero-order valence-corrected chi connectivity index (χ0v) is 13.7. The highest BCUT2D eigenvalue weighted by atomic mass is 16.2. The molecule has 1 N–H and O–H groups in total. The maximum atomic E-state index is 12.3. The lowest BCUT2D eigenvalue weighted by atomic mass is 10.1. The summed E-state index contributed by atoms with van der Waals surface area (Å²) in [6, 6.07) is 11.1. The van der Waals surface area contributed by atoms with Crippen LogP contribution in [0.3, 0.4) is 0 Å². The van der Waals surface area contributed by atoms with Crippen LogP contribution in [0.2, 0.25) is 0 Å². The van der Waals surface area contributed by atoms with Crippen molar-refractivity contribution in [3.8, 4) is 11.3 Å². The molecule has 2 amide bonds. The summed E-state index contributed by atoms with van der Waals surface area (Å²) in [5.74, 6) is -0.128. The highest BCUT2D eigenvalue weighted by Crippen LogP contribution is 2.21. The number of pyridine rings is 1. The Bertz CT molecular complexity index is 692. The van der Waals surface area contributed by atoms with Gasteiger partial charge in [0.15, 0.2) is 0 Å². The number of amides is 2. The van der Waals surface area contributed by atoms with Crippen LogP contribution in [0.15, 0.2) is 42.6 Å². The quantitative estimate of drug-likeness (QED) is 0.922. The van der Waals surface area contributed by atoms with Gasteiger partial charge < -0.3 is 10.2 Å². The third-order valence-corrected chi connectivity index (χ3v) is 3.54. The maximum absolute atomic E-state index is 12.3. The fourth-order valence-corrected chi connectivity index (χ4v) is 2.34. The first-order valence-corrected chi connectivity index (χ1v) is 7.68. The molecule has 0 aliphatic carbocycles. The van der Waals surface area contributed by atoms with Crippen molar-refractivity contribution in [2.75, 3.05) is 18.4 Å². The molecule has 0 fully saturated rings. The number of nitrogens with one attached hydrogen (secondary N) is 1. The van der Waals surface area contributed by atoms with Crippen LogP contribution in [0.5, 0.6) is 0 Å². The monoisotopic (exact) mass is 311 g/mol. The summed E-state index contributed by atoms with van der Waals surface area (Å²) >= 11 is 0. The van der Waals surface area contributed by atoms with Gasteiger partial charge in [-0.25, -0.2) is 0 Å². The van der Waals surface area contributed by atoms with E-state index in [0.29, 0.717) is 18.7 Å². The van der Waals surface area contributed by atoms with E-state index in [1.54, 1.807) is 17.2 Å². The van der Waals surface area contributed by atoms with Gasteiger partial charge in [-0.1, -0.05) is 12.1 Å². The smallest absolute Gasteiger partial charge is 0.255 e. The fraction of sp³-hybridized carbons (Fsp3) is 0.278. The molecule has 1 heterocycles. The Kier molecular flexibility index (Phi) is 5.46. The molecule has 0 saturated carbocycles. The molecule has 0 unspecified atom stereocenters. The third kappa shape index (κ3) is 4.16. The molecule has 0 atom stereocenters. The molecular weight excluding hydrogens is 290 g/mol. The van der Waals surface area contributed by atoms with E-state index in [1.807, 2.05) is 44.2 Å². The van der Waals surface area contributed by atoms with E-state index >= 15 is 0 Å². The summed E-state index contributed by atoms with van der Waals surface area (Å²) < 4.78 is 0. The molecule has 120 valence electrons. The van der Waals surface area contributed by atoms with Crippen LogP contribution < -0.4 is 5.32 Å². The molecule has 5 nitrogen and oxygen atoms in total. The predicted octanol–water partition coefficient (Wildman–Crippen LogP) is 3.19. The van der Waals surface area contributed by atoms with Crippen LogP contribution in [-0.2, 0) is 4.79 Å². The van der Waals surface area contributed by atoms with Crippen LogP contribution in [0.4, 0.5) is 5.69 Å². The van der Waals surface area contributed by atoms with Gasteiger partial charge in [0.2, 0.25) is 5.91 Å². The number of rotatable bonds is 5. The molecule has 0 aliphatic heterocycles. The van der Waals surface area contributed by atoms with E-state index in [2.05, 4.69) is 10.3 Å². The van der Waals surface area contributed by atoms with Crippen molar-refractivity contribution in [3.63, 3.8) is 0 Å². The van der Waals surface area contributed by atoms with Gasteiger partial charge in [-0.15, -0.1) is 0 Å². The minimum Gasteiger partial charge on any atom is -0.339 e. The summed E-state index contributed by atoms with van der Waals surface area (Å²) in [7, 11) is 0. The molecule has 0 aliphatic rings. The molecule has 0 saturated heterocycles. The average Bonchev–Trinajstić information content (AvgIpc) is 2.55. The Hall–Kier alpha value is -2.69. The Morgan fingerprint density at radius 2 is 1.87 bits per heavy atom. The molecule has 0 bridgehead atoms. The van der Waals surface area contributed by atoms with Gasteiger partial charge in [-0.2, -0.15) is 0 Å². The van der Waals surface area contributed by atoms with Crippen molar-refractivity contribution < 1.29 is 9.59 Å². The first-order chi connectivity index (χ1) is 11.0. The zero-order valence-electron chi connectivity index (χ0n) is 13.7. The zero-order chi connectivity index (χ0) is 16.8. The lowest BCUT2D eigenvalue weighted by Gasteiger charge is -2.18. The van der Waals surface area contributed by atoms with E-state index < -0.39 is 0 Å². The number of hydrogen-bond donors (Lipinski definition) is 1. The first-order valence-electron chi connectivity index (χ1n) is 7.68. The molecule has 0 spiro atoms. The van der Waals surface area contributed by atoms with Crippen LogP contribution in [0.25, 0.3) is 11.3 Å². The SMILES string of the molecule is CCN(CC)C(=O)c1ccc(-c2cccc(NC(C)=O)c2)nc1. The standard InChI is InChI=1S/C18H21N3O2/c1-4-21(5-2)18(23)15-9-10-17(19-12-15)14-7-6-8-16(11-14)20-13(3)22/h6-12H,4-5H2,1-3H3,(H,20,22). The summed E-state index contributed by atoms with van der Waals surface area (Å²) in [6.45, 7) is 6.73. The second-order valence-corrected chi connectivity index (χ2v) is 5.17. The number of nitrogens with zero attached hydrogens (tertiary/aromatic N) is 2. The average molecular weight is 311 g/mol. The Morgan fingerprint density at radius 3 is 2.43 bits per heavy atom. The molecule has 0 radical (unpaired) electrons. The topological polar surface area (TPSA) is 62.3 Å². The number of benzene rings is 1. The molecule has 23 heavy (non-hydrogen) atoms. The number of aromatic nitrogens is 1. The van der Waals surface area contributed by atoms with Crippen LogP contribution in [0, 0.1) is 0 Å². The maximum Gasteiger partial charge on any atom is 0.255 e. The van der Waals surface area contributed by atoms with Crippen LogP contribution >= 0.6 is 0 Å². The van der Waals surface area contributed by atoms with Gasteiger partial charge >= 0.3 is 0 Å². The highest BCUT2D eigenvalue weighted by molar-refractivity contribution is 5.94. The summed E-state index contributed by atoms with van der Waals surface area (Å²) in [6.07, 6.45) is 1.60. The van der Waals surface area contributed by atoms with Crippen molar-refractivity contribution in [1.29, 1.82) is 0 Å². The molecule has 2 rings (SSSR count). The summed E-state index contributed by atoms with van der Waals surface area (Å²) in [4.78, 5) is 29.5. The first kappa shape index (κ1) is 16.7. The van der Waals surface area contributed by atoms with E-state index in [9.17, 15) is 9.59 Å². The minimum atomic E-state index is -0.115. The second-order valence-electron chi connectivity index (χ2n) is 5.17. The van der Waals surface area contributed by atoms with E-state index in [4.69, 9.17) is 0 Å². The Balaban J connectivity index is 2.22. The summed E-state index contributed by atoms with van der Waals surface area (Å²) in [5, 5.41) is 2.75. The number of carbonyl (C=O) groups is 2. The van der Waals surface area contributed by atoms with E-state index in [1.165, 1.54) is 6.92 Å². The Morgan fingerprint density at radius 1 is 1.13 bits per heavy atom. The second kappa shape index (κ2) is 7.54. The van der Waals surface area contributed by atoms with Gasteiger partial charge in [-0.3, -0.25) is 14.6 Å². The number of carbonyl (C=O) groups excluding carboxylic acids is 2. The van der Waals surface area contributed by atoms with E-state index in [-0.39, 0.29) is 11.8 Å². The highest BCUT2D eigenvalue weighted by Gasteiger charge is 2.13. The fourth-order valence-electron chi connectivity index (χ4n) is 2.34. The van der Waals surface area contributed by atoms with Gasteiger partial charge in [0, 0.05) is 37.5 Å². The van der Waals surface area contributed by atoms with Crippen molar-refractivity contribution in [2.45, 2.75) is 20.8 Å². The van der Waals surface area contributed by atoms with Crippen molar-refractivity contribution in [1.82, 2.24) is 9.88 Å². The van der Waals surface area contributed by atoms with Gasteiger partial charge in [-0.05, 0) is 38.1 Å². The molecule has 1 aromatic heterocycles. The summed E-state index contributed by atoms with van der Waals surface area (Å²) in [5.41, 5.74) is 2.95. The van der Waals surface area contributed by atoms with Gasteiger partial charge in [0.25, 0.3) is 5.91 Å². The molecule has 5 heteroatoms. The van der Waals surface area contributed by atoms with Gasteiger partial charge in [0.1, 0.15) is 0 Å². The van der Waals surface area contributed by atoms with Gasteiger partial charge in [0.05, 0.1) is 11.3 Å². The molecule has 1 aromatic carbocycles. The lowest BCUT2D eigenvalue weighted by Crippen LogP contribution is -2.30. The molecule has 2 aromatic rings. The van der Waals surface area contributed by atoms with Crippen molar-refractivity contribution in [2.24, 2.45) is 0 Å². The van der Waals surface area contributed by atoms with E-state index in [0.717, 1.165) is 16.9 Å². The lowest BCUT2D eigenvalue weighted by molar-refractivity contribution is -0.114. The third-order valence-electron chi connectivity index (χ3n) is 3.54. The van der Waals surface area contributed by atoms with Crippen molar-refractivity contribution >= 4 is 17.5 Å². The minimum absolute atomic E-state index is 0.0129. The number of anilines is 1. The van der Waals surface area contributed by atoms with Crippen LogP contribution in [-0.4, -0.2) is 34.8 Å². The predicted molar refractivity (Wildman–Crippen MR) is 91.2 cm³/mol. The largest absolute Gasteiger partial charge is 0.339 e. The number of hydrogen-bond acceptors (Lipinski definition) is 3. The normalized spacial score (nSPS) is 10.2.